The second kappa shape index (κ2) is 5.21. The predicted octanol–water partition coefficient (Wildman–Crippen LogP) is 0.152. The maximum Gasteiger partial charge on any atom is 0.356 e. The fraction of sp³-hybridized carbons (Fsp3) is 0.462. The number of anilines is 2. The molecule has 21 heavy (non-hydrogen) atoms. The molecule has 0 aromatic carbocycles. The highest BCUT2D eigenvalue weighted by atomic mass is 16.4. The zero-order valence-electron chi connectivity index (χ0n) is 11.9. The Labute approximate surface area is 121 Å². The smallest absolute Gasteiger partial charge is 0.356 e. The van der Waals surface area contributed by atoms with E-state index in [9.17, 15) is 9.90 Å². The highest BCUT2D eigenvalue weighted by Crippen LogP contribution is 2.23. The Kier molecular flexibility index (Phi) is 3.38. The van der Waals surface area contributed by atoms with Crippen LogP contribution in [0.25, 0.3) is 5.65 Å². The molecule has 0 atom stereocenters. The van der Waals surface area contributed by atoms with Gasteiger partial charge in [0.1, 0.15) is 0 Å². The zero-order chi connectivity index (χ0) is 15.0. The summed E-state index contributed by atoms with van der Waals surface area (Å²) in [6.07, 6.45) is 0. The number of hydrogen-bond donors (Lipinski definition) is 2. The average molecular weight is 290 g/mol. The van der Waals surface area contributed by atoms with E-state index in [4.69, 9.17) is 5.73 Å². The first-order chi connectivity index (χ1) is 10.1. The number of likely N-dealkylation sites (N-methyl/N-ethyl adjacent to an activating group) is 1. The summed E-state index contributed by atoms with van der Waals surface area (Å²) in [6.45, 7) is 6.58. The van der Waals surface area contributed by atoms with Crippen LogP contribution in [-0.2, 0) is 0 Å². The molecule has 0 bridgehead atoms. The summed E-state index contributed by atoms with van der Waals surface area (Å²) in [6, 6.07) is 3.53. The Bertz CT molecular complexity index is 675. The Morgan fingerprint density at radius 3 is 2.67 bits per heavy atom. The predicted molar refractivity (Wildman–Crippen MR) is 78.7 cm³/mol. The summed E-state index contributed by atoms with van der Waals surface area (Å²) < 4.78 is 1.30. The van der Waals surface area contributed by atoms with Gasteiger partial charge in [-0.15, -0.1) is 5.10 Å². The van der Waals surface area contributed by atoms with Crippen LogP contribution in [0, 0.1) is 0 Å². The van der Waals surface area contributed by atoms with Crippen molar-refractivity contribution >= 4 is 23.3 Å². The van der Waals surface area contributed by atoms with Crippen LogP contribution in [0.5, 0.6) is 0 Å². The second-order valence-corrected chi connectivity index (χ2v) is 5.03. The molecular formula is C13H18N6O2. The summed E-state index contributed by atoms with van der Waals surface area (Å²) in [4.78, 5) is 20.1. The number of fused-ring (bicyclic) bond motifs is 1. The van der Waals surface area contributed by atoms with Crippen LogP contribution in [0.2, 0.25) is 0 Å². The molecule has 0 radical (unpaired) electrons. The number of carbonyl (C=O) groups is 1. The third-order valence-corrected chi connectivity index (χ3v) is 3.86. The molecule has 3 rings (SSSR count). The number of nitrogen functional groups attached to an aromatic ring is 1. The molecule has 3 heterocycles. The zero-order valence-corrected chi connectivity index (χ0v) is 11.9. The molecule has 0 amide bonds. The van der Waals surface area contributed by atoms with Gasteiger partial charge in [0.2, 0.25) is 5.95 Å². The first-order valence-electron chi connectivity index (χ1n) is 6.96. The Morgan fingerprint density at radius 2 is 2.05 bits per heavy atom. The molecule has 112 valence electrons. The minimum absolute atomic E-state index is 0.0745. The lowest BCUT2D eigenvalue weighted by Crippen LogP contribution is -2.46. The number of carboxylic acid groups (broad SMARTS) is 1. The molecule has 8 heteroatoms. The topological polar surface area (TPSA) is 100.0 Å². The minimum atomic E-state index is -1.03. The molecule has 1 aliphatic heterocycles. The van der Waals surface area contributed by atoms with Crippen LogP contribution in [0.3, 0.4) is 0 Å². The van der Waals surface area contributed by atoms with Crippen LogP contribution in [0.1, 0.15) is 17.4 Å². The van der Waals surface area contributed by atoms with Gasteiger partial charge in [0.05, 0.1) is 5.69 Å². The van der Waals surface area contributed by atoms with E-state index < -0.39 is 5.97 Å². The Balaban J connectivity index is 2.02. The van der Waals surface area contributed by atoms with Crippen LogP contribution < -0.4 is 10.6 Å². The van der Waals surface area contributed by atoms with Gasteiger partial charge < -0.3 is 20.6 Å². The molecule has 1 aliphatic rings. The summed E-state index contributed by atoms with van der Waals surface area (Å²) in [5, 5.41) is 13.5. The van der Waals surface area contributed by atoms with Gasteiger partial charge in [0.15, 0.2) is 11.3 Å². The van der Waals surface area contributed by atoms with Gasteiger partial charge in [-0.25, -0.2) is 9.31 Å². The molecule has 3 N–H and O–H groups in total. The van der Waals surface area contributed by atoms with E-state index in [1.165, 1.54) is 4.52 Å². The van der Waals surface area contributed by atoms with Crippen molar-refractivity contribution in [3.8, 4) is 0 Å². The van der Waals surface area contributed by atoms with Crippen molar-refractivity contribution in [2.45, 2.75) is 6.92 Å². The number of nitrogens with two attached hydrogens (primary N) is 1. The molecule has 1 fully saturated rings. The lowest BCUT2D eigenvalue weighted by atomic mass is 10.2. The molecule has 1 saturated heterocycles. The molecule has 8 nitrogen and oxygen atoms in total. The fourth-order valence-electron chi connectivity index (χ4n) is 2.71. The first-order valence-corrected chi connectivity index (χ1v) is 6.96. The molecule has 2 aromatic heterocycles. The maximum atomic E-state index is 11.6. The SMILES string of the molecule is CCN1CCN(c2ccc3nc(N)nn3c2C(=O)O)CC1. The van der Waals surface area contributed by atoms with Crippen LogP contribution in [-0.4, -0.2) is 63.3 Å². The molecule has 0 unspecified atom stereocenters. The Hall–Kier alpha value is -2.35. The first kappa shape index (κ1) is 13.6. The number of rotatable bonds is 3. The van der Waals surface area contributed by atoms with Crippen LogP contribution >= 0.6 is 0 Å². The van der Waals surface area contributed by atoms with Crippen molar-refractivity contribution in [2.75, 3.05) is 43.4 Å². The van der Waals surface area contributed by atoms with E-state index in [2.05, 4.69) is 26.8 Å². The van der Waals surface area contributed by atoms with Crippen molar-refractivity contribution in [3.05, 3.63) is 17.8 Å². The van der Waals surface area contributed by atoms with Crippen molar-refractivity contribution < 1.29 is 9.90 Å². The van der Waals surface area contributed by atoms with E-state index in [-0.39, 0.29) is 11.6 Å². The second-order valence-electron chi connectivity index (χ2n) is 5.03. The monoisotopic (exact) mass is 290 g/mol. The molecule has 0 spiro atoms. The maximum absolute atomic E-state index is 11.6. The number of aromatic nitrogens is 3. The van der Waals surface area contributed by atoms with Crippen LogP contribution in [0.4, 0.5) is 11.6 Å². The highest BCUT2D eigenvalue weighted by molar-refractivity contribution is 5.93. The van der Waals surface area contributed by atoms with Gasteiger partial charge in [0, 0.05) is 26.2 Å². The number of piperazine rings is 1. The number of carboxylic acids is 1. The van der Waals surface area contributed by atoms with E-state index in [0.717, 1.165) is 32.7 Å². The lowest BCUT2D eigenvalue weighted by molar-refractivity contribution is 0.0688. The number of aromatic carboxylic acids is 1. The fourth-order valence-corrected chi connectivity index (χ4v) is 2.71. The van der Waals surface area contributed by atoms with E-state index in [1.54, 1.807) is 12.1 Å². The third kappa shape index (κ3) is 2.38. The van der Waals surface area contributed by atoms with Gasteiger partial charge in [-0.2, -0.15) is 4.98 Å². The molecular weight excluding hydrogens is 272 g/mol. The van der Waals surface area contributed by atoms with E-state index >= 15 is 0 Å². The number of nitrogens with zero attached hydrogens (tertiary/aromatic N) is 5. The summed E-state index contributed by atoms with van der Waals surface area (Å²) in [7, 11) is 0. The summed E-state index contributed by atoms with van der Waals surface area (Å²) >= 11 is 0. The third-order valence-electron chi connectivity index (χ3n) is 3.86. The largest absolute Gasteiger partial charge is 0.476 e. The quantitative estimate of drug-likeness (QED) is 0.830. The van der Waals surface area contributed by atoms with Crippen molar-refractivity contribution in [3.63, 3.8) is 0 Å². The summed E-state index contributed by atoms with van der Waals surface area (Å²) in [5.74, 6) is -0.955. The van der Waals surface area contributed by atoms with Crippen molar-refractivity contribution in [1.82, 2.24) is 19.5 Å². The highest BCUT2D eigenvalue weighted by Gasteiger charge is 2.24. The summed E-state index contributed by atoms with van der Waals surface area (Å²) in [5.41, 5.74) is 6.79. The van der Waals surface area contributed by atoms with Gasteiger partial charge >= 0.3 is 5.97 Å². The average Bonchev–Trinajstić information content (AvgIpc) is 2.86. The lowest BCUT2D eigenvalue weighted by Gasteiger charge is -2.35. The van der Waals surface area contributed by atoms with Crippen molar-refractivity contribution in [1.29, 1.82) is 0 Å². The van der Waals surface area contributed by atoms with Gasteiger partial charge in [-0.1, -0.05) is 6.92 Å². The van der Waals surface area contributed by atoms with Gasteiger partial charge in [-0.3, -0.25) is 0 Å². The number of hydrogen-bond acceptors (Lipinski definition) is 6. The normalized spacial score (nSPS) is 16.5. The standard InChI is InChI=1S/C13H18N6O2/c1-2-17-5-7-18(8-6-17)9-3-4-10-15-13(14)16-19(10)11(9)12(20)21/h3-4H,2,5-8H2,1H3,(H2,14,16)(H,20,21). The molecule has 2 aromatic rings. The van der Waals surface area contributed by atoms with Gasteiger partial charge in [-0.05, 0) is 18.7 Å². The number of pyridine rings is 1. The van der Waals surface area contributed by atoms with Crippen molar-refractivity contribution in [2.24, 2.45) is 0 Å². The molecule has 0 aliphatic carbocycles. The van der Waals surface area contributed by atoms with E-state index in [0.29, 0.717) is 11.3 Å². The molecule has 0 saturated carbocycles. The van der Waals surface area contributed by atoms with Gasteiger partial charge in [0.25, 0.3) is 0 Å². The Morgan fingerprint density at radius 1 is 1.33 bits per heavy atom. The van der Waals surface area contributed by atoms with Crippen LogP contribution in [0.15, 0.2) is 12.1 Å². The van der Waals surface area contributed by atoms with E-state index in [1.807, 2.05) is 0 Å². The minimum Gasteiger partial charge on any atom is -0.476 e.